The van der Waals surface area contributed by atoms with Gasteiger partial charge in [0.25, 0.3) is 0 Å². The van der Waals surface area contributed by atoms with Crippen LogP contribution in [0.2, 0.25) is 0 Å². The Labute approximate surface area is 266 Å². The Morgan fingerprint density at radius 1 is 0.535 bits per heavy atom. The van der Waals surface area contributed by atoms with Gasteiger partial charge in [-0.05, 0) is 12.8 Å². The number of rotatable bonds is 36. The molecule has 0 aliphatic rings. The van der Waals surface area contributed by atoms with Gasteiger partial charge in [0.15, 0.2) is 0 Å². The molecule has 0 rings (SSSR count). The Bertz CT molecular complexity index is 536. The van der Waals surface area contributed by atoms with Crippen LogP contribution in [0.25, 0.3) is 0 Å². The van der Waals surface area contributed by atoms with E-state index >= 15 is 0 Å². The Hall–Kier alpha value is -0.890. The zero-order valence-electron chi connectivity index (χ0n) is 28.7. The lowest BCUT2D eigenvalue weighted by Crippen LogP contribution is -2.37. The fourth-order valence-corrected chi connectivity index (χ4v) is 5.23. The van der Waals surface area contributed by atoms with Crippen molar-refractivity contribution in [1.82, 2.24) is 5.32 Å². The van der Waals surface area contributed by atoms with E-state index in [0.29, 0.717) is 19.8 Å². The molecule has 0 heterocycles. The number of hydrogen-bond donors (Lipinski definition) is 2. The van der Waals surface area contributed by atoms with Crippen molar-refractivity contribution in [2.45, 2.75) is 174 Å². The van der Waals surface area contributed by atoms with Crippen molar-refractivity contribution in [3.8, 4) is 0 Å². The quantitative estimate of drug-likeness (QED) is 0.0683. The van der Waals surface area contributed by atoms with E-state index in [1.54, 1.807) is 0 Å². The molecule has 0 radical (unpaired) electrons. The molecule has 0 saturated heterocycles. The number of amides is 1. The Balaban J connectivity index is 3.96. The summed E-state index contributed by atoms with van der Waals surface area (Å²) in [4.78, 5) is 12.0. The molecule has 2 N–H and O–H groups in total. The molecule has 0 aliphatic heterocycles. The number of nitrogens with one attached hydrogen (secondary N) is 1. The highest BCUT2D eigenvalue weighted by Crippen LogP contribution is 2.13. The molecule has 0 saturated carbocycles. The molecule has 0 aromatic rings. The highest BCUT2D eigenvalue weighted by molar-refractivity contribution is 5.67. The van der Waals surface area contributed by atoms with Crippen LogP contribution in [-0.4, -0.2) is 70.1 Å². The summed E-state index contributed by atoms with van der Waals surface area (Å²) in [6.07, 6.45) is 31.1. The Kier molecular flexibility index (Phi) is 36.5. The second-order valence-electron chi connectivity index (χ2n) is 12.2. The fraction of sp³-hybridized carbons (Fsp3) is 0.972. The molecule has 0 aromatic carbocycles. The summed E-state index contributed by atoms with van der Waals surface area (Å²) < 4.78 is 22.3. The number of carbonyl (C=O) groups is 1. The van der Waals surface area contributed by atoms with Gasteiger partial charge in [-0.1, -0.05) is 155 Å². The van der Waals surface area contributed by atoms with E-state index in [9.17, 15) is 4.79 Å². The van der Waals surface area contributed by atoms with Crippen molar-refractivity contribution >= 4 is 6.09 Å². The van der Waals surface area contributed by atoms with Gasteiger partial charge in [-0.25, -0.2) is 4.79 Å². The van der Waals surface area contributed by atoms with E-state index in [1.807, 2.05) is 0 Å². The predicted molar refractivity (Wildman–Crippen MR) is 180 cm³/mol. The van der Waals surface area contributed by atoms with Crippen LogP contribution in [0.15, 0.2) is 0 Å². The maximum atomic E-state index is 12.0. The van der Waals surface area contributed by atoms with Crippen molar-refractivity contribution in [3.05, 3.63) is 0 Å². The SMILES string of the molecule is CCCCCCCCCCCCCCOCC(CNC(=O)OCCOCCO)OCCCCCCCCCCCCCC. The normalized spacial score (nSPS) is 12.1. The summed E-state index contributed by atoms with van der Waals surface area (Å²) >= 11 is 0. The second-order valence-corrected chi connectivity index (χ2v) is 12.2. The lowest BCUT2D eigenvalue weighted by molar-refractivity contribution is -0.0179. The van der Waals surface area contributed by atoms with Crippen molar-refractivity contribution < 1.29 is 28.8 Å². The average molecular weight is 616 g/mol. The molecular formula is C36H73NO6. The van der Waals surface area contributed by atoms with Crippen LogP contribution >= 0.6 is 0 Å². The van der Waals surface area contributed by atoms with Gasteiger partial charge in [-0.15, -0.1) is 0 Å². The van der Waals surface area contributed by atoms with Crippen LogP contribution in [-0.2, 0) is 18.9 Å². The highest BCUT2D eigenvalue weighted by atomic mass is 16.6. The van der Waals surface area contributed by atoms with E-state index < -0.39 is 6.09 Å². The van der Waals surface area contributed by atoms with Crippen LogP contribution in [0, 0.1) is 0 Å². The number of hydrogen-bond acceptors (Lipinski definition) is 6. The third-order valence-corrected chi connectivity index (χ3v) is 7.97. The summed E-state index contributed by atoms with van der Waals surface area (Å²) in [5.74, 6) is 0. The van der Waals surface area contributed by atoms with E-state index in [4.69, 9.17) is 24.1 Å². The lowest BCUT2D eigenvalue weighted by atomic mass is 10.1. The Morgan fingerprint density at radius 3 is 1.44 bits per heavy atom. The molecule has 0 fully saturated rings. The third kappa shape index (κ3) is 35.5. The number of carbonyl (C=O) groups excluding carboxylic acids is 1. The molecule has 0 aliphatic carbocycles. The first kappa shape index (κ1) is 42.1. The largest absolute Gasteiger partial charge is 0.447 e. The first-order chi connectivity index (χ1) is 21.2. The van der Waals surface area contributed by atoms with Gasteiger partial charge in [0, 0.05) is 19.8 Å². The molecular weight excluding hydrogens is 542 g/mol. The number of alkyl carbamates (subject to hydrolysis) is 1. The van der Waals surface area contributed by atoms with Crippen molar-refractivity contribution in [1.29, 1.82) is 0 Å². The van der Waals surface area contributed by atoms with Crippen molar-refractivity contribution in [2.24, 2.45) is 0 Å². The lowest BCUT2D eigenvalue weighted by Gasteiger charge is -2.19. The minimum Gasteiger partial charge on any atom is -0.447 e. The summed E-state index contributed by atoms with van der Waals surface area (Å²) in [6.45, 7) is 7.47. The molecule has 1 unspecified atom stereocenters. The minimum absolute atomic E-state index is 0.0380. The molecule has 0 spiro atoms. The number of aliphatic hydroxyl groups excluding tert-OH is 1. The van der Waals surface area contributed by atoms with Crippen LogP contribution in [0.5, 0.6) is 0 Å². The molecule has 1 amide bonds. The van der Waals surface area contributed by atoms with E-state index in [0.717, 1.165) is 19.4 Å². The van der Waals surface area contributed by atoms with Gasteiger partial charge in [0.05, 0.1) is 32.5 Å². The summed E-state index contributed by atoms with van der Waals surface area (Å²) in [5, 5.41) is 11.5. The van der Waals surface area contributed by atoms with Gasteiger partial charge in [-0.2, -0.15) is 0 Å². The molecule has 7 nitrogen and oxygen atoms in total. The number of ether oxygens (including phenoxy) is 4. The maximum absolute atomic E-state index is 12.0. The molecule has 0 aromatic heterocycles. The van der Waals surface area contributed by atoms with E-state index in [1.165, 1.54) is 141 Å². The zero-order chi connectivity index (χ0) is 31.3. The molecule has 43 heavy (non-hydrogen) atoms. The van der Waals surface area contributed by atoms with Gasteiger partial charge < -0.3 is 29.4 Å². The smallest absolute Gasteiger partial charge is 0.407 e. The predicted octanol–water partition coefficient (Wildman–Crippen LogP) is 9.53. The molecule has 7 heteroatoms. The van der Waals surface area contributed by atoms with Gasteiger partial charge >= 0.3 is 6.09 Å². The zero-order valence-corrected chi connectivity index (χ0v) is 28.7. The van der Waals surface area contributed by atoms with Crippen LogP contribution in [0.4, 0.5) is 4.79 Å². The molecule has 1 atom stereocenters. The monoisotopic (exact) mass is 616 g/mol. The second kappa shape index (κ2) is 37.3. The number of unbranched alkanes of at least 4 members (excludes halogenated alkanes) is 22. The fourth-order valence-electron chi connectivity index (χ4n) is 5.23. The van der Waals surface area contributed by atoms with Crippen LogP contribution < -0.4 is 5.32 Å². The van der Waals surface area contributed by atoms with E-state index in [-0.39, 0.29) is 32.5 Å². The summed E-state index contributed by atoms with van der Waals surface area (Å²) in [7, 11) is 0. The standard InChI is InChI=1S/C36H73NO6/c1-3-5-7-9-11-13-15-17-19-21-23-25-28-41-34-35(33-37-36(39)43-32-31-40-30-27-38)42-29-26-24-22-20-18-16-14-12-10-8-6-4-2/h35,38H,3-34H2,1-2H3,(H,37,39). The first-order valence-electron chi connectivity index (χ1n) is 18.5. The van der Waals surface area contributed by atoms with Crippen molar-refractivity contribution in [2.75, 3.05) is 52.8 Å². The molecule has 258 valence electrons. The van der Waals surface area contributed by atoms with Gasteiger partial charge in [0.1, 0.15) is 6.61 Å². The topological polar surface area (TPSA) is 86.3 Å². The van der Waals surface area contributed by atoms with Crippen LogP contribution in [0.1, 0.15) is 168 Å². The highest BCUT2D eigenvalue weighted by Gasteiger charge is 2.12. The molecule has 0 bridgehead atoms. The van der Waals surface area contributed by atoms with Crippen LogP contribution in [0.3, 0.4) is 0 Å². The van der Waals surface area contributed by atoms with Gasteiger partial charge in [0.2, 0.25) is 0 Å². The minimum atomic E-state index is -0.479. The van der Waals surface area contributed by atoms with Gasteiger partial charge in [-0.3, -0.25) is 0 Å². The number of aliphatic hydroxyl groups is 1. The van der Waals surface area contributed by atoms with Crippen molar-refractivity contribution in [3.63, 3.8) is 0 Å². The first-order valence-corrected chi connectivity index (χ1v) is 18.5. The third-order valence-electron chi connectivity index (χ3n) is 7.97. The summed E-state index contributed by atoms with van der Waals surface area (Å²) in [5.41, 5.74) is 0. The van der Waals surface area contributed by atoms with E-state index in [2.05, 4.69) is 19.2 Å². The summed E-state index contributed by atoms with van der Waals surface area (Å²) in [6, 6.07) is 0. The maximum Gasteiger partial charge on any atom is 0.407 e. The Morgan fingerprint density at radius 2 is 0.977 bits per heavy atom. The average Bonchev–Trinajstić information content (AvgIpc) is 3.01.